The van der Waals surface area contributed by atoms with Crippen LogP contribution in [-0.2, 0) is 18.2 Å². The van der Waals surface area contributed by atoms with Crippen molar-refractivity contribution >= 4 is 29.9 Å². The Kier molecular flexibility index (Phi) is 8.56. The number of nitrogens with one attached hydrogen (secondary N) is 1. The Bertz CT molecular complexity index is 793. The molecule has 1 aliphatic rings. The summed E-state index contributed by atoms with van der Waals surface area (Å²) in [5, 5.41) is 7.72. The van der Waals surface area contributed by atoms with Crippen molar-refractivity contribution in [2.75, 3.05) is 40.4 Å². The Balaban J connectivity index is 0.00000280. The molecule has 1 aliphatic heterocycles. The molecule has 1 fully saturated rings. The van der Waals surface area contributed by atoms with Crippen LogP contribution in [0.3, 0.4) is 0 Å². The summed E-state index contributed by atoms with van der Waals surface area (Å²) in [6, 6.07) is 6.35. The van der Waals surface area contributed by atoms with Crippen molar-refractivity contribution in [2.24, 2.45) is 12.0 Å². The minimum absolute atomic E-state index is 0. The number of aromatic nitrogens is 2. The van der Waals surface area contributed by atoms with Crippen molar-refractivity contribution in [1.82, 2.24) is 20.0 Å². The molecule has 7 nitrogen and oxygen atoms in total. The number of benzene rings is 1. The molecule has 0 amide bonds. The number of hydrogen-bond acceptors (Lipinski definition) is 4. The van der Waals surface area contributed by atoms with Gasteiger partial charge in [-0.25, -0.2) is 0 Å². The standard InChI is InChI=1S/C20H29N5O2.HI/c1-15-5-6-16(11-18(15)26-4)7-8-22-20(21-2)25-9-10-27-19(14-25)17-12-23-24(3)13-17;/h5-6,11-13,19H,7-10,14H2,1-4H3,(H,21,22);1H. The van der Waals surface area contributed by atoms with E-state index in [4.69, 9.17) is 9.47 Å². The van der Waals surface area contributed by atoms with Gasteiger partial charge in [-0.15, -0.1) is 24.0 Å². The number of nitrogens with zero attached hydrogens (tertiary/aromatic N) is 4. The summed E-state index contributed by atoms with van der Waals surface area (Å²) < 4.78 is 13.1. The number of aliphatic imine (C=N–C) groups is 1. The maximum Gasteiger partial charge on any atom is 0.193 e. The van der Waals surface area contributed by atoms with E-state index in [-0.39, 0.29) is 30.1 Å². The van der Waals surface area contributed by atoms with Crippen LogP contribution in [0.1, 0.15) is 22.8 Å². The first-order chi connectivity index (χ1) is 13.1. The third-order valence-corrected chi connectivity index (χ3v) is 4.84. The molecule has 0 spiro atoms. The summed E-state index contributed by atoms with van der Waals surface area (Å²) in [7, 11) is 5.46. The van der Waals surface area contributed by atoms with Gasteiger partial charge in [-0.2, -0.15) is 5.10 Å². The van der Waals surface area contributed by atoms with Crippen LogP contribution in [-0.4, -0.2) is 61.0 Å². The number of hydrogen-bond donors (Lipinski definition) is 1. The van der Waals surface area contributed by atoms with E-state index in [9.17, 15) is 0 Å². The van der Waals surface area contributed by atoms with E-state index in [0.717, 1.165) is 48.9 Å². The number of ether oxygens (including phenoxy) is 2. The molecule has 1 unspecified atom stereocenters. The summed E-state index contributed by atoms with van der Waals surface area (Å²) >= 11 is 0. The molecular formula is C20H30IN5O2. The molecule has 0 saturated carbocycles. The summed E-state index contributed by atoms with van der Waals surface area (Å²) in [4.78, 5) is 6.70. The molecule has 0 radical (unpaired) electrons. The van der Waals surface area contributed by atoms with Gasteiger partial charge in [-0.3, -0.25) is 9.67 Å². The van der Waals surface area contributed by atoms with Crippen LogP contribution < -0.4 is 10.1 Å². The molecule has 1 atom stereocenters. The SMILES string of the molecule is CN=C(NCCc1ccc(C)c(OC)c1)N1CCOC(c2cnn(C)c2)C1.I. The Morgan fingerprint density at radius 2 is 2.25 bits per heavy atom. The van der Waals surface area contributed by atoms with E-state index in [0.29, 0.717) is 6.61 Å². The zero-order valence-electron chi connectivity index (χ0n) is 17.0. The Morgan fingerprint density at radius 3 is 2.93 bits per heavy atom. The third kappa shape index (κ3) is 5.60. The maximum atomic E-state index is 5.92. The van der Waals surface area contributed by atoms with Gasteiger partial charge in [-0.1, -0.05) is 12.1 Å². The fourth-order valence-corrected chi connectivity index (χ4v) is 3.32. The van der Waals surface area contributed by atoms with Crippen LogP contribution in [0.2, 0.25) is 0 Å². The van der Waals surface area contributed by atoms with Crippen molar-refractivity contribution in [2.45, 2.75) is 19.4 Å². The second-order valence-electron chi connectivity index (χ2n) is 6.78. The average molecular weight is 499 g/mol. The van der Waals surface area contributed by atoms with Gasteiger partial charge in [0.1, 0.15) is 11.9 Å². The smallest absolute Gasteiger partial charge is 0.193 e. The zero-order valence-corrected chi connectivity index (χ0v) is 19.3. The Labute approximate surface area is 184 Å². The van der Waals surface area contributed by atoms with Gasteiger partial charge >= 0.3 is 0 Å². The first-order valence-corrected chi connectivity index (χ1v) is 9.30. The minimum Gasteiger partial charge on any atom is -0.496 e. The molecule has 2 heterocycles. The molecule has 1 aromatic carbocycles. The van der Waals surface area contributed by atoms with Crippen molar-refractivity contribution in [3.63, 3.8) is 0 Å². The number of halogens is 1. The number of aryl methyl sites for hydroxylation is 2. The van der Waals surface area contributed by atoms with Gasteiger partial charge in [0.2, 0.25) is 0 Å². The van der Waals surface area contributed by atoms with E-state index in [1.807, 2.05) is 26.5 Å². The molecule has 1 N–H and O–H groups in total. The highest BCUT2D eigenvalue weighted by Gasteiger charge is 2.25. The van der Waals surface area contributed by atoms with E-state index in [1.54, 1.807) is 11.8 Å². The van der Waals surface area contributed by atoms with Crippen LogP contribution >= 0.6 is 24.0 Å². The van der Waals surface area contributed by atoms with Gasteiger partial charge < -0.3 is 19.7 Å². The molecule has 2 aromatic rings. The summed E-state index contributed by atoms with van der Waals surface area (Å²) in [5.74, 6) is 1.84. The minimum atomic E-state index is 0. The lowest BCUT2D eigenvalue weighted by Gasteiger charge is -2.34. The highest BCUT2D eigenvalue weighted by molar-refractivity contribution is 14.0. The van der Waals surface area contributed by atoms with Gasteiger partial charge in [0, 0.05) is 38.9 Å². The van der Waals surface area contributed by atoms with Crippen molar-refractivity contribution < 1.29 is 9.47 Å². The molecule has 1 aromatic heterocycles. The van der Waals surface area contributed by atoms with Crippen LogP contribution in [0.25, 0.3) is 0 Å². The highest BCUT2D eigenvalue weighted by atomic mass is 127. The van der Waals surface area contributed by atoms with Gasteiger partial charge in [0.15, 0.2) is 5.96 Å². The topological polar surface area (TPSA) is 63.9 Å². The molecule has 154 valence electrons. The van der Waals surface area contributed by atoms with Crippen molar-refractivity contribution in [3.05, 3.63) is 47.3 Å². The van der Waals surface area contributed by atoms with Gasteiger partial charge in [0.05, 0.1) is 26.5 Å². The maximum absolute atomic E-state index is 5.92. The predicted octanol–water partition coefficient (Wildman–Crippen LogP) is 2.55. The monoisotopic (exact) mass is 499 g/mol. The lowest BCUT2D eigenvalue weighted by molar-refractivity contribution is -0.00800. The predicted molar refractivity (Wildman–Crippen MR) is 122 cm³/mol. The highest BCUT2D eigenvalue weighted by Crippen LogP contribution is 2.22. The molecule has 1 saturated heterocycles. The number of guanidine groups is 1. The molecular weight excluding hydrogens is 469 g/mol. The molecule has 0 bridgehead atoms. The van der Waals surface area contributed by atoms with Crippen LogP contribution in [0.15, 0.2) is 35.6 Å². The second-order valence-corrected chi connectivity index (χ2v) is 6.78. The van der Waals surface area contributed by atoms with E-state index >= 15 is 0 Å². The summed E-state index contributed by atoms with van der Waals surface area (Å²) in [6.07, 6.45) is 4.81. The lowest BCUT2D eigenvalue weighted by atomic mass is 10.1. The molecule has 0 aliphatic carbocycles. The first kappa shape index (κ1) is 22.5. The second kappa shape index (κ2) is 10.7. The fourth-order valence-electron chi connectivity index (χ4n) is 3.32. The van der Waals surface area contributed by atoms with Crippen molar-refractivity contribution in [3.8, 4) is 5.75 Å². The van der Waals surface area contributed by atoms with Crippen LogP contribution in [0.4, 0.5) is 0 Å². The number of morpholine rings is 1. The molecule has 8 heteroatoms. The Morgan fingerprint density at radius 1 is 1.43 bits per heavy atom. The largest absolute Gasteiger partial charge is 0.496 e. The van der Waals surface area contributed by atoms with E-state index in [2.05, 4.69) is 45.4 Å². The number of rotatable bonds is 5. The molecule has 3 rings (SSSR count). The van der Waals surface area contributed by atoms with Gasteiger partial charge in [0.25, 0.3) is 0 Å². The van der Waals surface area contributed by atoms with E-state index in [1.165, 1.54) is 5.56 Å². The quantitative estimate of drug-likeness (QED) is 0.389. The molecule has 28 heavy (non-hydrogen) atoms. The average Bonchev–Trinajstić information content (AvgIpc) is 3.13. The van der Waals surface area contributed by atoms with E-state index < -0.39 is 0 Å². The van der Waals surface area contributed by atoms with Crippen LogP contribution in [0.5, 0.6) is 5.75 Å². The summed E-state index contributed by atoms with van der Waals surface area (Å²) in [6.45, 7) is 5.14. The normalized spacial score (nSPS) is 17.2. The fraction of sp³-hybridized carbons (Fsp3) is 0.500. The van der Waals surface area contributed by atoms with Crippen molar-refractivity contribution in [1.29, 1.82) is 0 Å². The lowest BCUT2D eigenvalue weighted by Crippen LogP contribution is -2.48. The van der Waals surface area contributed by atoms with Gasteiger partial charge in [-0.05, 0) is 30.5 Å². The first-order valence-electron chi connectivity index (χ1n) is 9.30. The number of methoxy groups -OCH3 is 1. The summed E-state index contributed by atoms with van der Waals surface area (Å²) in [5.41, 5.74) is 3.50. The zero-order chi connectivity index (χ0) is 19.2. The third-order valence-electron chi connectivity index (χ3n) is 4.84. The van der Waals surface area contributed by atoms with Crippen LogP contribution in [0, 0.1) is 6.92 Å². The Hall–Kier alpha value is -1.81.